The van der Waals surface area contributed by atoms with Crippen LogP contribution < -0.4 is 10.4 Å². The van der Waals surface area contributed by atoms with E-state index in [0.29, 0.717) is 0 Å². The molecule has 2 aromatic rings. The van der Waals surface area contributed by atoms with Gasteiger partial charge in [0.15, 0.2) is 12.1 Å². The van der Waals surface area contributed by atoms with Gasteiger partial charge in [0.1, 0.15) is 0 Å². The minimum atomic E-state index is -2.68. The van der Waals surface area contributed by atoms with E-state index in [1.54, 1.807) is 0 Å². The standard InChI is InChI=1S/C23H29FO2Si/c1-18(16-20(24)17-25)19(2)26-27(23(3,4)5,21-12-8-6-9-13-21)22-14-10-7-11-15-22/h6-19H,1-5H3/b20-16+. The summed E-state index contributed by atoms with van der Waals surface area (Å²) in [5, 5.41) is 2.22. The summed E-state index contributed by atoms with van der Waals surface area (Å²) in [5.41, 5.74) is 0. The van der Waals surface area contributed by atoms with E-state index in [2.05, 4.69) is 45.0 Å². The lowest BCUT2D eigenvalue weighted by atomic mass is 10.1. The van der Waals surface area contributed by atoms with E-state index in [-0.39, 0.29) is 23.3 Å². The molecular weight excluding hydrogens is 355 g/mol. The maximum absolute atomic E-state index is 13.5. The van der Waals surface area contributed by atoms with Gasteiger partial charge in [-0.15, -0.1) is 0 Å². The first-order chi connectivity index (χ1) is 12.7. The summed E-state index contributed by atoms with van der Waals surface area (Å²) in [4.78, 5) is 10.7. The first-order valence-electron chi connectivity index (χ1n) is 9.33. The van der Waals surface area contributed by atoms with Crippen LogP contribution in [0, 0.1) is 5.92 Å². The van der Waals surface area contributed by atoms with Gasteiger partial charge < -0.3 is 4.43 Å². The molecule has 0 radical (unpaired) electrons. The maximum atomic E-state index is 13.5. The molecule has 2 rings (SSSR count). The number of hydrogen-bond donors (Lipinski definition) is 0. The smallest absolute Gasteiger partial charge is 0.261 e. The van der Waals surface area contributed by atoms with Crippen LogP contribution in [-0.2, 0) is 9.22 Å². The van der Waals surface area contributed by atoms with Crippen molar-refractivity contribution in [3.8, 4) is 0 Å². The normalized spacial score (nSPS) is 15.3. The predicted molar refractivity (Wildman–Crippen MR) is 113 cm³/mol. The van der Waals surface area contributed by atoms with E-state index in [0.717, 1.165) is 0 Å². The van der Waals surface area contributed by atoms with Gasteiger partial charge in [-0.25, -0.2) is 4.39 Å². The lowest BCUT2D eigenvalue weighted by Crippen LogP contribution is -2.67. The largest absolute Gasteiger partial charge is 0.404 e. The summed E-state index contributed by atoms with van der Waals surface area (Å²) in [6, 6.07) is 20.7. The highest BCUT2D eigenvalue weighted by Gasteiger charge is 2.51. The second kappa shape index (κ2) is 8.76. The van der Waals surface area contributed by atoms with Gasteiger partial charge in [0.25, 0.3) is 8.32 Å². The Kier molecular flexibility index (Phi) is 6.90. The van der Waals surface area contributed by atoms with Crippen LogP contribution >= 0.6 is 0 Å². The molecule has 4 heteroatoms. The van der Waals surface area contributed by atoms with E-state index in [1.165, 1.54) is 16.4 Å². The number of benzene rings is 2. The van der Waals surface area contributed by atoms with E-state index < -0.39 is 14.1 Å². The zero-order valence-electron chi connectivity index (χ0n) is 16.8. The molecule has 0 aliphatic rings. The van der Waals surface area contributed by atoms with Crippen molar-refractivity contribution in [3.63, 3.8) is 0 Å². The number of halogens is 1. The van der Waals surface area contributed by atoms with Crippen LogP contribution in [0.15, 0.2) is 72.6 Å². The van der Waals surface area contributed by atoms with Crippen LogP contribution in [0.2, 0.25) is 5.04 Å². The fourth-order valence-electron chi connectivity index (χ4n) is 3.50. The van der Waals surface area contributed by atoms with Gasteiger partial charge >= 0.3 is 0 Å². The van der Waals surface area contributed by atoms with Gasteiger partial charge in [0, 0.05) is 12.0 Å². The van der Waals surface area contributed by atoms with E-state index in [1.807, 2.05) is 50.2 Å². The maximum Gasteiger partial charge on any atom is 0.261 e. The fourth-order valence-corrected chi connectivity index (χ4v) is 8.29. The summed E-state index contributed by atoms with van der Waals surface area (Å²) in [6.45, 7) is 10.5. The highest BCUT2D eigenvalue weighted by atomic mass is 28.4. The molecule has 2 nitrogen and oxygen atoms in total. The second-order valence-corrected chi connectivity index (χ2v) is 12.3. The Morgan fingerprint density at radius 3 is 1.78 bits per heavy atom. The van der Waals surface area contributed by atoms with Crippen LogP contribution in [0.25, 0.3) is 0 Å². The molecule has 0 amide bonds. The molecule has 0 saturated carbocycles. The van der Waals surface area contributed by atoms with Gasteiger partial charge in [-0.1, -0.05) is 88.4 Å². The first kappa shape index (κ1) is 21.3. The number of hydrogen-bond acceptors (Lipinski definition) is 2. The van der Waals surface area contributed by atoms with Crippen molar-refractivity contribution in [1.82, 2.24) is 0 Å². The van der Waals surface area contributed by atoms with Gasteiger partial charge in [-0.3, -0.25) is 4.79 Å². The van der Waals surface area contributed by atoms with Crippen LogP contribution in [0.3, 0.4) is 0 Å². The Labute approximate surface area is 163 Å². The summed E-state index contributed by atoms with van der Waals surface area (Å²) >= 11 is 0. The Balaban J connectivity index is 2.61. The molecule has 27 heavy (non-hydrogen) atoms. The molecule has 2 aromatic carbocycles. The molecule has 0 N–H and O–H groups in total. The monoisotopic (exact) mass is 384 g/mol. The Morgan fingerprint density at radius 2 is 1.41 bits per heavy atom. The minimum Gasteiger partial charge on any atom is -0.404 e. The highest BCUT2D eigenvalue weighted by molar-refractivity contribution is 6.99. The van der Waals surface area contributed by atoms with Crippen molar-refractivity contribution in [2.45, 2.75) is 45.8 Å². The number of rotatable bonds is 7. The van der Waals surface area contributed by atoms with Crippen molar-refractivity contribution in [2.24, 2.45) is 5.92 Å². The first-order valence-corrected chi connectivity index (χ1v) is 11.2. The molecule has 0 bridgehead atoms. The Hall–Kier alpha value is -2.04. The average molecular weight is 385 g/mol. The molecular formula is C23H29FO2Si. The zero-order valence-corrected chi connectivity index (χ0v) is 17.8. The Bertz CT molecular complexity index is 726. The lowest BCUT2D eigenvalue weighted by Gasteiger charge is -2.45. The summed E-state index contributed by atoms with van der Waals surface area (Å²) < 4.78 is 20.4. The van der Waals surface area contributed by atoms with Crippen molar-refractivity contribution >= 4 is 25.0 Å². The van der Waals surface area contributed by atoms with Crippen LogP contribution in [0.1, 0.15) is 34.6 Å². The third-order valence-corrected chi connectivity index (χ3v) is 10.2. The van der Waals surface area contributed by atoms with E-state index >= 15 is 0 Å². The number of carbonyl (C=O) groups is 1. The van der Waals surface area contributed by atoms with Crippen LogP contribution in [0.5, 0.6) is 0 Å². The Morgan fingerprint density at radius 1 is 0.963 bits per heavy atom. The van der Waals surface area contributed by atoms with Gasteiger partial charge in [0.2, 0.25) is 0 Å². The highest BCUT2D eigenvalue weighted by Crippen LogP contribution is 2.38. The van der Waals surface area contributed by atoms with Crippen molar-refractivity contribution in [3.05, 3.63) is 72.6 Å². The SMILES string of the molecule is CC(/C=C(/F)C=O)C(C)O[Si](c1ccccc1)(c1ccccc1)C(C)(C)C. The minimum absolute atomic E-state index is 0.142. The third kappa shape index (κ3) is 4.63. The van der Waals surface area contributed by atoms with E-state index in [9.17, 15) is 9.18 Å². The topological polar surface area (TPSA) is 26.3 Å². The van der Waals surface area contributed by atoms with Gasteiger partial charge in [-0.05, 0) is 28.4 Å². The summed E-state index contributed by atoms with van der Waals surface area (Å²) in [7, 11) is -2.68. The second-order valence-electron chi connectivity index (χ2n) is 8.01. The molecule has 0 aromatic heterocycles. The number of aldehydes is 1. The third-order valence-electron chi connectivity index (χ3n) is 5.05. The number of carbonyl (C=O) groups excluding carboxylic acids is 1. The number of allylic oxidation sites excluding steroid dienone is 1. The molecule has 0 aliphatic carbocycles. The van der Waals surface area contributed by atoms with Gasteiger partial charge in [-0.2, -0.15) is 0 Å². The molecule has 0 heterocycles. The fraction of sp³-hybridized carbons (Fsp3) is 0.348. The molecule has 2 atom stereocenters. The molecule has 0 fully saturated rings. The molecule has 0 spiro atoms. The molecule has 144 valence electrons. The predicted octanol–water partition coefficient (Wildman–Crippen LogP) is 4.64. The van der Waals surface area contributed by atoms with Crippen molar-refractivity contribution < 1.29 is 13.6 Å². The summed E-state index contributed by atoms with van der Waals surface area (Å²) in [6.07, 6.45) is 1.34. The van der Waals surface area contributed by atoms with Crippen LogP contribution in [0.4, 0.5) is 4.39 Å². The average Bonchev–Trinajstić information content (AvgIpc) is 2.66. The molecule has 0 aliphatic heterocycles. The van der Waals surface area contributed by atoms with E-state index in [4.69, 9.17) is 4.43 Å². The van der Waals surface area contributed by atoms with Crippen molar-refractivity contribution in [1.29, 1.82) is 0 Å². The zero-order chi connectivity index (χ0) is 20.1. The quantitative estimate of drug-likeness (QED) is 0.395. The van der Waals surface area contributed by atoms with Gasteiger partial charge in [0.05, 0.1) is 0 Å². The molecule has 0 saturated heterocycles. The molecule has 2 unspecified atom stereocenters. The lowest BCUT2D eigenvalue weighted by molar-refractivity contribution is -0.106. The van der Waals surface area contributed by atoms with Crippen molar-refractivity contribution in [2.75, 3.05) is 0 Å². The van der Waals surface area contributed by atoms with Crippen LogP contribution in [-0.4, -0.2) is 20.7 Å². The summed E-state index contributed by atoms with van der Waals surface area (Å²) in [5.74, 6) is -0.975.